The van der Waals surface area contributed by atoms with Crippen LogP contribution in [-0.2, 0) is 6.42 Å². The Morgan fingerprint density at radius 3 is 2.50 bits per heavy atom. The number of aromatic nitrogens is 1. The molecule has 1 aromatic carbocycles. The fourth-order valence-electron chi connectivity index (χ4n) is 2.45. The van der Waals surface area contributed by atoms with Crippen molar-refractivity contribution >= 4 is 11.3 Å². The highest BCUT2D eigenvalue weighted by atomic mass is 32.1. The third-order valence-corrected chi connectivity index (χ3v) is 4.62. The zero-order chi connectivity index (χ0) is 14.5. The van der Waals surface area contributed by atoms with Crippen LogP contribution < -0.4 is 5.32 Å². The first kappa shape index (κ1) is 15.2. The van der Waals surface area contributed by atoms with Gasteiger partial charge in [0.05, 0.1) is 17.3 Å². The molecule has 0 bridgehead atoms. The van der Waals surface area contributed by atoms with Crippen molar-refractivity contribution in [3.8, 4) is 0 Å². The van der Waals surface area contributed by atoms with Crippen LogP contribution in [0.4, 0.5) is 0 Å². The number of aliphatic hydroxyl groups is 1. The van der Waals surface area contributed by atoms with Gasteiger partial charge in [-0.05, 0) is 32.8 Å². The summed E-state index contributed by atoms with van der Waals surface area (Å²) in [5.74, 6) is 0. The van der Waals surface area contributed by atoms with Crippen LogP contribution in [0.25, 0.3) is 0 Å². The van der Waals surface area contributed by atoms with E-state index in [9.17, 15) is 5.11 Å². The summed E-state index contributed by atoms with van der Waals surface area (Å²) in [4.78, 5) is 5.72. The zero-order valence-electron chi connectivity index (χ0n) is 12.3. The lowest BCUT2D eigenvalue weighted by Gasteiger charge is -2.21. The fourth-order valence-corrected chi connectivity index (χ4v) is 3.39. The van der Waals surface area contributed by atoms with Crippen LogP contribution in [0, 0.1) is 13.8 Å². The Morgan fingerprint density at radius 2 is 1.95 bits per heavy atom. The van der Waals surface area contributed by atoms with E-state index in [2.05, 4.69) is 29.4 Å². The second-order valence-corrected chi connectivity index (χ2v) is 6.37. The molecule has 2 atom stereocenters. The van der Waals surface area contributed by atoms with Gasteiger partial charge in [0.2, 0.25) is 0 Å². The average Bonchev–Trinajstić information content (AvgIpc) is 2.78. The standard InChI is InChI=1S/C16H22N2OS/c1-11-16(20-13(3)17-11)12(2)18-15(10-19)9-14-7-5-4-6-8-14/h4-8,12,15,18-19H,9-10H2,1-3H3/t12?,15-/m1/s1. The number of nitrogens with zero attached hydrogens (tertiary/aromatic N) is 1. The summed E-state index contributed by atoms with van der Waals surface area (Å²) in [7, 11) is 0. The molecule has 2 N–H and O–H groups in total. The largest absolute Gasteiger partial charge is 0.395 e. The predicted molar refractivity (Wildman–Crippen MR) is 84.2 cm³/mol. The van der Waals surface area contributed by atoms with Gasteiger partial charge in [-0.15, -0.1) is 11.3 Å². The molecule has 3 nitrogen and oxygen atoms in total. The van der Waals surface area contributed by atoms with Gasteiger partial charge in [0.1, 0.15) is 0 Å². The van der Waals surface area contributed by atoms with Gasteiger partial charge in [-0.2, -0.15) is 0 Å². The first-order valence-electron chi connectivity index (χ1n) is 6.95. The first-order chi connectivity index (χ1) is 9.60. The van der Waals surface area contributed by atoms with Crippen LogP contribution in [-0.4, -0.2) is 22.7 Å². The van der Waals surface area contributed by atoms with Crippen LogP contribution in [0.5, 0.6) is 0 Å². The Bertz CT molecular complexity index is 539. The molecule has 1 unspecified atom stereocenters. The highest BCUT2D eigenvalue weighted by molar-refractivity contribution is 7.11. The van der Waals surface area contributed by atoms with Crippen molar-refractivity contribution in [3.05, 3.63) is 51.5 Å². The van der Waals surface area contributed by atoms with E-state index in [4.69, 9.17) is 0 Å². The molecule has 0 aliphatic carbocycles. The molecule has 0 spiro atoms. The van der Waals surface area contributed by atoms with Crippen LogP contribution in [0.2, 0.25) is 0 Å². The Balaban J connectivity index is 2.01. The number of thiazole rings is 1. The number of nitrogens with one attached hydrogen (secondary N) is 1. The van der Waals surface area contributed by atoms with Crippen molar-refractivity contribution in [1.82, 2.24) is 10.3 Å². The van der Waals surface area contributed by atoms with E-state index >= 15 is 0 Å². The van der Waals surface area contributed by atoms with Gasteiger partial charge in [-0.3, -0.25) is 0 Å². The molecule has 0 fully saturated rings. The van der Waals surface area contributed by atoms with Crippen LogP contribution in [0.3, 0.4) is 0 Å². The SMILES string of the molecule is Cc1nc(C)c(C(C)N[C@@H](CO)Cc2ccccc2)s1. The maximum absolute atomic E-state index is 9.58. The van der Waals surface area contributed by atoms with Crippen molar-refractivity contribution in [2.75, 3.05) is 6.61 Å². The van der Waals surface area contributed by atoms with Gasteiger partial charge in [0.25, 0.3) is 0 Å². The molecule has 1 heterocycles. The van der Waals surface area contributed by atoms with Crippen LogP contribution >= 0.6 is 11.3 Å². The molecule has 108 valence electrons. The number of benzene rings is 1. The summed E-state index contributed by atoms with van der Waals surface area (Å²) in [6, 6.07) is 10.5. The number of hydrogen-bond acceptors (Lipinski definition) is 4. The lowest BCUT2D eigenvalue weighted by Crippen LogP contribution is -2.36. The van der Waals surface area contributed by atoms with E-state index in [0.717, 1.165) is 17.1 Å². The van der Waals surface area contributed by atoms with Gasteiger partial charge in [-0.25, -0.2) is 4.98 Å². The predicted octanol–water partition coefficient (Wildman–Crippen LogP) is 3.01. The molecular weight excluding hydrogens is 268 g/mol. The van der Waals surface area contributed by atoms with Crippen molar-refractivity contribution in [2.45, 2.75) is 39.3 Å². The number of aliphatic hydroxyl groups excluding tert-OH is 1. The summed E-state index contributed by atoms with van der Waals surface area (Å²) in [5.41, 5.74) is 2.33. The zero-order valence-corrected chi connectivity index (χ0v) is 13.1. The highest BCUT2D eigenvalue weighted by Gasteiger charge is 2.17. The average molecular weight is 290 g/mol. The minimum Gasteiger partial charge on any atom is -0.395 e. The smallest absolute Gasteiger partial charge is 0.0900 e. The van der Waals surface area contributed by atoms with Gasteiger partial charge in [-0.1, -0.05) is 30.3 Å². The third kappa shape index (κ3) is 3.88. The van der Waals surface area contributed by atoms with Crippen LogP contribution in [0.15, 0.2) is 30.3 Å². The topological polar surface area (TPSA) is 45.2 Å². The van der Waals surface area contributed by atoms with E-state index in [1.54, 1.807) is 11.3 Å². The van der Waals surface area contributed by atoms with Crippen LogP contribution in [0.1, 0.15) is 34.1 Å². The monoisotopic (exact) mass is 290 g/mol. The lowest BCUT2D eigenvalue weighted by atomic mass is 10.1. The molecule has 0 saturated heterocycles. The molecule has 20 heavy (non-hydrogen) atoms. The molecular formula is C16H22N2OS. The summed E-state index contributed by atoms with van der Waals surface area (Å²) < 4.78 is 0. The van der Waals surface area contributed by atoms with Crippen molar-refractivity contribution in [3.63, 3.8) is 0 Å². The maximum Gasteiger partial charge on any atom is 0.0900 e. The molecule has 2 aromatic rings. The van der Waals surface area contributed by atoms with Gasteiger partial charge < -0.3 is 10.4 Å². The molecule has 1 aromatic heterocycles. The highest BCUT2D eigenvalue weighted by Crippen LogP contribution is 2.25. The van der Waals surface area contributed by atoms with Gasteiger partial charge in [0, 0.05) is 17.0 Å². The summed E-state index contributed by atoms with van der Waals surface area (Å²) in [5, 5.41) is 14.2. The quantitative estimate of drug-likeness (QED) is 0.859. The molecule has 0 amide bonds. The van der Waals surface area contributed by atoms with Gasteiger partial charge >= 0.3 is 0 Å². The second kappa shape index (κ2) is 6.97. The molecule has 0 radical (unpaired) electrons. The molecule has 0 aliphatic heterocycles. The Labute approximate surface area is 124 Å². The number of hydrogen-bond donors (Lipinski definition) is 2. The van der Waals surface area contributed by atoms with Crippen molar-refractivity contribution < 1.29 is 5.11 Å². The van der Waals surface area contributed by atoms with E-state index in [-0.39, 0.29) is 18.7 Å². The first-order valence-corrected chi connectivity index (χ1v) is 7.76. The summed E-state index contributed by atoms with van der Waals surface area (Å²) in [6.07, 6.45) is 0.832. The molecule has 4 heteroatoms. The fraction of sp³-hybridized carbons (Fsp3) is 0.438. The van der Waals surface area contributed by atoms with E-state index < -0.39 is 0 Å². The van der Waals surface area contributed by atoms with Crippen molar-refractivity contribution in [2.24, 2.45) is 0 Å². The minimum atomic E-state index is 0.0641. The molecule has 2 rings (SSSR count). The molecule has 0 aliphatic rings. The normalized spacial score (nSPS) is 14.2. The summed E-state index contributed by atoms with van der Waals surface area (Å²) >= 11 is 1.73. The Morgan fingerprint density at radius 1 is 1.25 bits per heavy atom. The third-order valence-electron chi connectivity index (χ3n) is 3.36. The Kier molecular flexibility index (Phi) is 5.29. The van der Waals surface area contributed by atoms with Gasteiger partial charge in [0.15, 0.2) is 0 Å². The van der Waals surface area contributed by atoms with Crippen molar-refractivity contribution in [1.29, 1.82) is 0 Å². The maximum atomic E-state index is 9.58. The lowest BCUT2D eigenvalue weighted by molar-refractivity contribution is 0.233. The summed E-state index contributed by atoms with van der Waals surface area (Å²) in [6.45, 7) is 6.34. The van der Waals surface area contributed by atoms with E-state index in [1.807, 2.05) is 32.0 Å². The second-order valence-electron chi connectivity index (χ2n) is 5.14. The number of aryl methyl sites for hydroxylation is 2. The Hall–Kier alpha value is -1.23. The number of rotatable bonds is 6. The molecule has 0 saturated carbocycles. The minimum absolute atomic E-state index is 0.0641. The van der Waals surface area contributed by atoms with E-state index in [1.165, 1.54) is 10.4 Å². The van der Waals surface area contributed by atoms with E-state index in [0.29, 0.717) is 0 Å².